The molecule has 3 rings (SSSR count). The second kappa shape index (κ2) is 5.46. The normalized spacial score (nSPS) is 17.0. The molecule has 0 fully saturated rings. The molecule has 1 aliphatic rings. The summed E-state index contributed by atoms with van der Waals surface area (Å²) < 4.78 is 11.6. The van der Waals surface area contributed by atoms with Crippen LogP contribution < -0.4 is 15.2 Å². The Hall–Kier alpha value is -2.14. The Morgan fingerprint density at radius 2 is 2.05 bits per heavy atom. The van der Waals surface area contributed by atoms with Crippen molar-refractivity contribution in [2.24, 2.45) is 5.73 Å². The van der Waals surface area contributed by atoms with Gasteiger partial charge in [-0.15, -0.1) is 0 Å². The first-order valence-corrected chi connectivity index (χ1v) is 6.69. The summed E-state index contributed by atoms with van der Waals surface area (Å²) in [4.78, 5) is 8.98. The average molecular weight is 271 g/mol. The number of aromatic nitrogens is 2. The molecule has 0 amide bonds. The molecule has 2 N–H and O–H groups in total. The van der Waals surface area contributed by atoms with Crippen LogP contribution in [0.3, 0.4) is 0 Å². The molecule has 20 heavy (non-hydrogen) atoms. The van der Waals surface area contributed by atoms with Crippen LogP contribution in [0, 0.1) is 6.92 Å². The van der Waals surface area contributed by atoms with E-state index in [0.29, 0.717) is 19.0 Å². The van der Waals surface area contributed by atoms with Gasteiger partial charge in [-0.1, -0.05) is 12.1 Å². The van der Waals surface area contributed by atoms with E-state index in [9.17, 15) is 0 Å². The van der Waals surface area contributed by atoms with Gasteiger partial charge >= 0.3 is 0 Å². The van der Waals surface area contributed by atoms with E-state index in [1.54, 1.807) is 0 Å². The number of ether oxygens (including phenoxy) is 2. The van der Waals surface area contributed by atoms with Crippen molar-refractivity contribution in [1.29, 1.82) is 0 Å². The number of hydrogen-bond acceptors (Lipinski definition) is 5. The molecule has 5 heteroatoms. The van der Waals surface area contributed by atoms with E-state index in [1.165, 1.54) is 0 Å². The summed E-state index contributed by atoms with van der Waals surface area (Å²) in [5.74, 6) is 2.15. The zero-order valence-corrected chi connectivity index (χ0v) is 11.4. The van der Waals surface area contributed by atoms with Gasteiger partial charge in [-0.25, -0.2) is 9.97 Å². The maximum Gasteiger partial charge on any atom is 0.192 e. The summed E-state index contributed by atoms with van der Waals surface area (Å²) in [7, 11) is 0. The quantitative estimate of drug-likeness (QED) is 0.921. The summed E-state index contributed by atoms with van der Waals surface area (Å²) in [6, 6.07) is 9.57. The van der Waals surface area contributed by atoms with Crippen LogP contribution in [0.5, 0.6) is 11.5 Å². The lowest BCUT2D eigenvalue weighted by Crippen LogP contribution is -2.24. The number of fused-ring (bicyclic) bond motifs is 1. The summed E-state index contributed by atoms with van der Waals surface area (Å²) in [6.45, 7) is 2.94. The molecular weight excluding hydrogens is 254 g/mol. The highest BCUT2D eigenvalue weighted by Gasteiger charge is 2.25. The fourth-order valence-corrected chi connectivity index (χ4v) is 2.23. The Morgan fingerprint density at radius 3 is 2.85 bits per heavy atom. The van der Waals surface area contributed by atoms with Gasteiger partial charge in [0, 0.05) is 17.8 Å². The molecule has 0 aliphatic carbocycles. The van der Waals surface area contributed by atoms with Crippen LogP contribution in [-0.2, 0) is 6.42 Å². The van der Waals surface area contributed by atoms with Crippen molar-refractivity contribution >= 4 is 0 Å². The minimum Gasteiger partial charge on any atom is -0.485 e. The first kappa shape index (κ1) is 12.9. The fraction of sp³-hybridized carbons (Fsp3) is 0.333. The predicted molar refractivity (Wildman–Crippen MR) is 74.8 cm³/mol. The molecule has 0 bridgehead atoms. The predicted octanol–water partition coefficient (Wildman–Crippen LogP) is 1.80. The molecule has 0 radical (unpaired) electrons. The van der Waals surface area contributed by atoms with E-state index >= 15 is 0 Å². The molecule has 0 spiro atoms. The summed E-state index contributed by atoms with van der Waals surface area (Å²) >= 11 is 0. The maximum atomic E-state index is 5.92. The van der Waals surface area contributed by atoms with Crippen molar-refractivity contribution in [1.82, 2.24) is 9.97 Å². The third-order valence-corrected chi connectivity index (χ3v) is 3.12. The van der Waals surface area contributed by atoms with E-state index in [2.05, 4.69) is 9.97 Å². The van der Waals surface area contributed by atoms with Crippen molar-refractivity contribution in [2.75, 3.05) is 13.2 Å². The highest BCUT2D eigenvalue weighted by atomic mass is 16.6. The van der Waals surface area contributed by atoms with Gasteiger partial charge in [0.2, 0.25) is 0 Å². The molecule has 0 saturated carbocycles. The minimum absolute atomic E-state index is 0.277. The molecule has 0 saturated heterocycles. The lowest BCUT2D eigenvalue weighted by Gasteiger charge is -2.25. The Kier molecular flexibility index (Phi) is 3.52. The standard InChI is InChI=1S/C15H17N3O2/c1-10-8-11(6-7-16)18-15(17-10)14-9-19-12-4-2-3-5-13(12)20-14/h2-5,8,14H,6-7,9,16H2,1H3. The molecule has 1 unspecified atom stereocenters. The zero-order valence-electron chi connectivity index (χ0n) is 11.4. The lowest BCUT2D eigenvalue weighted by atomic mass is 10.2. The fourth-order valence-electron chi connectivity index (χ4n) is 2.23. The van der Waals surface area contributed by atoms with Crippen LogP contribution in [0.1, 0.15) is 23.3 Å². The van der Waals surface area contributed by atoms with Crippen molar-refractivity contribution < 1.29 is 9.47 Å². The van der Waals surface area contributed by atoms with Crippen LogP contribution >= 0.6 is 0 Å². The number of benzene rings is 1. The molecule has 1 aromatic heterocycles. The second-order valence-electron chi connectivity index (χ2n) is 4.76. The molecule has 1 aliphatic heterocycles. The van der Waals surface area contributed by atoms with E-state index in [1.807, 2.05) is 37.3 Å². The molecule has 2 aromatic rings. The Labute approximate surface area is 117 Å². The number of aryl methyl sites for hydroxylation is 1. The summed E-state index contributed by atoms with van der Waals surface area (Å²) in [5, 5.41) is 0. The molecule has 1 atom stereocenters. The van der Waals surface area contributed by atoms with Crippen molar-refractivity contribution in [3.8, 4) is 11.5 Å². The van der Waals surface area contributed by atoms with E-state index in [4.69, 9.17) is 15.2 Å². The largest absolute Gasteiger partial charge is 0.485 e. The number of nitrogens with two attached hydrogens (primary N) is 1. The van der Waals surface area contributed by atoms with Crippen LogP contribution in [-0.4, -0.2) is 23.1 Å². The van der Waals surface area contributed by atoms with Crippen LogP contribution in [0.15, 0.2) is 30.3 Å². The van der Waals surface area contributed by atoms with Crippen molar-refractivity contribution in [3.05, 3.63) is 47.5 Å². The summed E-state index contributed by atoms with van der Waals surface area (Å²) in [5.41, 5.74) is 7.45. The van der Waals surface area contributed by atoms with E-state index in [0.717, 1.165) is 29.3 Å². The smallest absolute Gasteiger partial charge is 0.192 e. The first-order chi connectivity index (χ1) is 9.76. The van der Waals surface area contributed by atoms with Crippen molar-refractivity contribution in [3.63, 3.8) is 0 Å². The van der Waals surface area contributed by atoms with Gasteiger partial charge in [-0.3, -0.25) is 0 Å². The van der Waals surface area contributed by atoms with Gasteiger partial charge < -0.3 is 15.2 Å². The Bertz CT molecular complexity index is 616. The van der Waals surface area contributed by atoms with Crippen LogP contribution in [0.4, 0.5) is 0 Å². The highest BCUT2D eigenvalue weighted by molar-refractivity contribution is 5.41. The Morgan fingerprint density at radius 1 is 1.25 bits per heavy atom. The van der Waals surface area contributed by atoms with Crippen molar-refractivity contribution in [2.45, 2.75) is 19.4 Å². The number of nitrogens with zero attached hydrogens (tertiary/aromatic N) is 2. The Balaban J connectivity index is 1.87. The molecule has 5 nitrogen and oxygen atoms in total. The van der Waals surface area contributed by atoms with Gasteiger partial charge in [0.05, 0.1) is 0 Å². The van der Waals surface area contributed by atoms with Gasteiger partial charge in [0.25, 0.3) is 0 Å². The monoisotopic (exact) mass is 271 g/mol. The number of para-hydroxylation sites is 2. The summed E-state index contributed by atoms with van der Waals surface area (Å²) in [6.07, 6.45) is 0.460. The zero-order chi connectivity index (χ0) is 13.9. The minimum atomic E-state index is -0.277. The average Bonchev–Trinajstić information content (AvgIpc) is 2.46. The molecule has 1 aromatic carbocycles. The lowest BCUT2D eigenvalue weighted by molar-refractivity contribution is 0.0847. The van der Waals surface area contributed by atoms with Gasteiger partial charge in [-0.05, 0) is 31.7 Å². The molecule has 104 valence electrons. The molecule has 2 heterocycles. The maximum absolute atomic E-state index is 5.92. The number of hydrogen-bond donors (Lipinski definition) is 1. The van der Waals surface area contributed by atoms with Gasteiger partial charge in [0.1, 0.15) is 6.61 Å². The second-order valence-corrected chi connectivity index (χ2v) is 4.76. The van der Waals surface area contributed by atoms with Gasteiger partial charge in [0.15, 0.2) is 23.4 Å². The number of rotatable bonds is 3. The first-order valence-electron chi connectivity index (χ1n) is 6.69. The van der Waals surface area contributed by atoms with Crippen LogP contribution in [0.25, 0.3) is 0 Å². The van der Waals surface area contributed by atoms with Gasteiger partial charge in [-0.2, -0.15) is 0 Å². The van der Waals surface area contributed by atoms with E-state index in [-0.39, 0.29) is 6.10 Å². The third kappa shape index (κ3) is 2.58. The SMILES string of the molecule is Cc1cc(CCN)nc(C2COc3ccccc3O2)n1. The topological polar surface area (TPSA) is 70.3 Å². The van der Waals surface area contributed by atoms with Crippen LogP contribution in [0.2, 0.25) is 0 Å². The highest BCUT2D eigenvalue weighted by Crippen LogP contribution is 2.34. The molecular formula is C15H17N3O2. The van der Waals surface area contributed by atoms with E-state index < -0.39 is 0 Å². The third-order valence-electron chi connectivity index (χ3n) is 3.12.